The number of rotatable bonds is 5. The van der Waals surface area contributed by atoms with E-state index in [-0.39, 0.29) is 11.7 Å². The standard InChI is InChI=1S/C15H20N4O3/c1-11-6-13(18-22-11)8-19-4-5-21-14(9-19)3-2-12-7-15(20)17-10-16-12/h6-7,10,14H,2-5,8-9H2,1H3,(H,16,17,20)/t14-/m0/s1. The molecule has 3 rings (SSSR count). The van der Waals surface area contributed by atoms with Crippen molar-refractivity contribution in [3.8, 4) is 0 Å². The minimum Gasteiger partial charge on any atom is -0.376 e. The second-order valence-corrected chi connectivity index (χ2v) is 5.60. The van der Waals surface area contributed by atoms with Crippen LogP contribution >= 0.6 is 0 Å². The van der Waals surface area contributed by atoms with Crippen molar-refractivity contribution >= 4 is 0 Å². The molecule has 2 aromatic rings. The lowest BCUT2D eigenvalue weighted by molar-refractivity contribution is -0.0352. The molecule has 1 fully saturated rings. The van der Waals surface area contributed by atoms with E-state index in [2.05, 4.69) is 20.0 Å². The zero-order valence-corrected chi connectivity index (χ0v) is 12.6. The molecule has 0 aromatic carbocycles. The lowest BCUT2D eigenvalue weighted by Crippen LogP contribution is -2.42. The molecule has 22 heavy (non-hydrogen) atoms. The van der Waals surface area contributed by atoms with E-state index in [1.54, 1.807) is 6.07 Å². The van der Waals surface area contributed by atoms with Crippen LogP contribution < -0.4 is 5.56 Å². The van der Waals surface area contributed by atoms with Crippen molar-refractivity contribution in [3.05, 3.63) is 46.0 Å². The number of H-pyrrole nitrogens is 1. The van der Waals surface area contributed by atoms with Crippen LogP contribution in [0, 0.1) is 6.92 Å². The van der Waals surface area contributed by atoms with E-state index in [0.29, 0.717) is 6.61 Å². The van der Waals surface area contributed by atoms with Gasteiger partial charge in [0.1, 0.15) is 5.76 Å². The first-order valence-corrected chi connectivity index (χ1v) is 7.49. The zero-order chi connectivity index (χ0) is 15.4. The van der Waals surface area contributed by atoms with Gasteiger partial charge in [-0.1, -0.05) is 5.16 Å². The highest BCUT2D eigenvalue weighted by Gasteiger charge is 2.21. The van der Waals surface area contributed by atoms with Gasteiger partial charge in [0, 0.05) is 37.5 Å². The predicted molar refractivity (Wildman–Crippen MR) is 79.4 cm³/mol. The van der Waals surface area contributed by atoms with E-state index in [9.17, 15) is 4.79 Å². The summed E-state index contributed by atoms with van der Waals surface area (Å²) in [6, 6.07) is 3.50. The molecule has 7 heteroatoms. The van der Waals surface area contributed by atoms with Gasteiger partial charge in [0.25, 0.3) is 5.56 Å². The van der Waals surface area contributed by atoms with Gasteiger partial charge in [0.2, 0.25) is 0 Å². The largest absolute Gasteiger partial charge is 0.376 e. The maximum Gasteiger partial charge on any atom is 0.250 e. The fourth-order valence-electron chi connectivity index (χ4n) is 2.67. The number of ether oxygens (including phenoxy) is 1. The minimum absolute atomic E-state index is 0.113. The molecule has 0 aliphatic carbocycles. The molecule has 1 aliphatic rings. The summed E-state index contributed by atoms with van der Waals surface area (Å²) in [5.41, 5.74) is 1.64. The van der Waals surface area contributed by atoms with Gasteiger partial charge in [0.15, 0.2) is 0 Å². The molecule has 118 valence electrons. The Morgan fingerprint density at radius 2 is 2.32 bits per heavy atom. The molecule has 7 nitrogen and oxygen atoms in total. The molecular weight excluding hydrogens is 284 g/mol. The molecule has 1 N–H and O–H groups in total. The van der Waals surface area contributed by atoms with E-state index in [4.69, 9.17) is 9.26 Å². The monoisotopic (exact) mass is 304 g/mol. The van der Waals surface area contributed by atoms with Crippen molar-refractivity contribution in [2.75, 3.05) is 19.7 Å². The minimum atomic E-state index is -0.113. The normalized spacial score (nSPS) is 19.4. The summed E-state index contributed by atoms with van der Waals surface area (Å²) in [5.74, 6) is 0.834. The Kier molecular flexibility index (Phi) is 4.65. The van der Waals surface area contributed by atoms with Gasteiger partial charge >= 0.3 is 0 Å². The van der Waals surface area contributed by atoms with E-state index in [1.807, 2.05) is 13.0 Å². The Morgan fingerprint density at radius 1 is 1.41 bits per heavy atom. The zero-order valence-electron chi connectivity index (χ0n) is 12.6. The SMILES string of the molecule is Cc1cc(CN2CCO[C@@H](CCc3cc(=O)[nH]cn3)C2)no1. The lowest BCUT2D eigenvalue weighted by atomic mass is 10.1. The summed E-state index contributed by atoms with van der Waals surface area (Å²) in [4.78, 5) is 20.3. The van der Waals surface area contributed by atoms with E-state index in [0.717, 1.165) is 49.6 Å². The maximum absolute atomic E-state index is 11.2. The van der Waals surface area contributed by atoms with Crippen LogP contribution in [0.3, 0.4) is 0 Å². The molecule has 1 atom stereocenters. The smallest absolute Gasteiger partial charge is 0.250 e. The Labute approximate surface area is 128 Å². The number of morpholine rings is 1. The fraction of sp³-hybridized carbons (Fsp3) is 0.533. The maximum atomic E-state index is 11.2. The molecule has 0 spiro atoms. The second kappa shape index (κ2) is 6.85. The lowest BCUT2D eigenvalue weighted by Gasteiger charge is -2.32. The van der Waals surface area contributed by atoms with Crippen LogP contribution in [-0.2, 0) is 17.7 Å². The molecule has 0 unspecified atom stereocenters. The van der Waals surface area contributed by atoms with Crippen LogP contribution in [-0.4, -0.2) is 45.8 Å². The van der Waals surface area contributed by atoms with Gasteiger partial charge in [-0.15, -0.1) is 0 Å². The molecule has 2 aromatic heterocycles. The number of nitrogens with one attached hydrogen (secondary N) is 1. The Balaban J connectivity index is 1.51. The first-order valence-electron chi connectivity index (χ1n) is 7.49. The average Bonchev–Trinajstić information content (AvgIpc) is 2.91. The third kappa shape index (κ3) is 4.02. The number of aromatic nitrogens is 3. The number of aromatic amines is 1. The van der Waals surface area contributed by atoms with Crippen molar-refractivity contribution in [1.29, 1.82) is 0 Å². The summed E-state index contributed by atoms with van der Waals surface area (Å²) < 4.78 is 10.9. The van der Waals surface area contributed by atoms with Crippen molar-refractivity contribution in [1.82, 2.24) is 20.0 Å². The van der Waals surface area contributed by atoms with Crippen molar-refractivity contribution in [3.63, 3.8) is 0 Å². The van der Waals surface area contributed by atoms with Crippen LogP contribution in [0.2, 0.25) is 0 Å². The van der Waals surface area contributed by atoms with E-state index in [1.165, 1.54) is 6.33 Å². The van der Waals surface area contributed by atoms with Crippen molar-refractivity contribution in [2.24, 2.45) is 0 Å². The molecular formula is C15H20N4O3. The van der Waals surface area contributed by atoms with Gasteiger partial charge in [-0.05, 0) is 19.8 Å². The summed E-state index contributed by atoms with van der Waals surface area (Å²) in [5, 5.41) is 4.03. The number of nitrogens with zero attached hydrogens (tertiary/aromatic N) is 3. The summed E-state index contributed by atoms with van der Waals surface area (Å²) in [6.07, 6.45) is 3.19. The highest BCUT2D eigenvalue weighted by atomic mass is 16.5. The van der Waals surface area contributed by atoms with Crippen molar-refractivity contribution in [2.45, 2.75) is 32.4 Å². The third-order valence-electron chi connectivity index (χ3n) is 3.74. The van der Waals surface area contributed by atoms with Gasteiger partial charge < -0.3 is 14.2 Å². The summed E-state index contributed by atoms with van der Waals surface area (Å²) in [6.45, 7) is 5.14. The fourth-order valence-corrected chi connectivity index (χ4v) is 2.67. The molecule has 1 aliphatic heterocycles. The average molecular weight is 304 g/mol. The summed E-state index contributed by atoms with van der Waals surface area (Å²) in [7, 11) is 0. The van der Waals surface area contributed by atoms with Gasteiger partial charge in [-0.3, -0.25) is 9.69 Å². The van der Waals surface area contributed by atoms with E-state index < -0.39 is 0 Å². The van der Waals surface area contributed by atoms with Crippen LogP contribution in [0.4, 0.5) is 0 Å². The number of hydrogen-bond donors (Lipinski definition) is 1. The highest BCUT2D eigenvalue weighted by Crippen LogP contribution is 2.14. The van der Waals surface area contributed by atoms with E-state index >= 15 is 0 Å². The Bertz CT molecular complexity index is 667. The van der Waals surface area contributed by atoms with Crippen LogP contribution in [0.15, 0.2) is 27.8 Å². The topological polar surface area (TPSA) is 84.2 Å². The molecule has 3 heterocycles. The number of hydrogen-bond acceptors (Lipinski definition) is 6. The van der Waals surface area contributed by atoms with Gasteiger partial charge in [-0.25, -0.2) is 4.98 Å². The first kappa shape index (κ1) is 14.9. The van der Waals surface area contributed by atoms with Gasteiger partial charge in [0.05, 0.1) is 24.7 Å². The molecule has 0 radical (unpaired) electrons. The van der Waals surface area contributed by atoms with Crippen LogP contribution in [0.1, 0.15) is 23.6 Å². The number of aryl methyl sites for hydroxylation is 2. The molecule has 0 amide bonds. The van der Waals surface area contributed by atoms with Crippen molar-refractivity contribution < 1.29 is 9.26 Å². The van der Waals surface area contributed by atoms with Crippen LogP contribution in [0.25, 0.3) is 0 Å². The summed E-state index contributed by atoms with van der Waals surface area (Å²) >= 11 is 0. The molecule has 1 saturated heterocycles. The van der Waals surface area contributed by atoms with Gasteiger partial charge in [-0.2, -0.15) is 0 Å². The molecule has 0 bridgehead atoms. The first-order chi connectivity index (χ1) is 10.7. The van der Waals surface area contributed by atoms with Crippen LogP contribution in [0.5, 0.6) is 0 Å². The quantitative estimate of drug-likeness (QED) is 0.883. The third-order valence-corrected chi connectivity index (χ3v) is 3.74. The Hall–Kier alpha value is -1.99. The Morgan fingerprint density at radius 3 is 3.09 bits per heavy atom. The predicted octanol–water partition coefficient (Wildman–Crippen LogP) is 0.900. The molecule has 0 saturated carbocycles. The highest BCUT2D eigenvalue weighted by molar-refractivity contribution is 5.03. The second-order valence-electron chi connectivity index (χ2n) is 5.60.